The average molecular weight is 389 g/mol. The summed E-state index contributed by atoms with van der Waals surface area (Å²) in [5.74, 6) is 1.42. The van der Waals surface area contributed by atoms with Gasteiger partial charge >= 0.3 is 0 Å². The van der Waals surface area contributed by atoms with Crippen molar-refractivity contribution in [2.75, 3.05) is 46.0 Å². The Hall–Kier alpha value is -1.67. The number of likely N-dealkylation sites (tertiary alicyclic amines) is 1. The molecule has 0 radical (unpaired) electrons. The van der Waals surface area contributed by atoms with Crippen molar-refractivity contribution in [3.63, 3.8) is 0 Å². The molecule has 1 saturated carbocycles. The zero-order valence-electron chi connectivity index (χ0n) is 16.3. The number of primary amides is 1. The van der Waals surface area contributed by atoms with E-state index in [1.54, 1.807) is 0 Å². The molecule has 0 unspecified atom stereocenters. The molecule has 4 rings (SSSR count). The number of carbonyl (C=O) groups is 1. The largest absolute Gasteiger partial charge is 0.484 e. The number of ether oxygens (including phenoxy) is 2. The summed E-state index contributed by atoms with van der Waals surface area (Å²) >= 11 is 0. The number of hydrogen-bond donors (Lipinski definition) is 2. The Morgan fingerprint density at radius 1 is 1.21 bits per heavy atom. The Kier molecular flexibility index (Phi) is 6.16. The number of aliphatic hydroxyl groups is 1. The first-order valence-corrected chi connectivity index (χ1v) is 10.3. The van der Waals surface area contributed by atoms with E-state index in [-0.39, 0.29) is 18.8 Å². The summed E-state index contributed by atoms with van der Waals surface area (Å²) in [6, 6.07) is 8.14. The van der Waals surface area contributed by atoms with Gasteiger partial charge in [0.1, 0.15) is 5.75 Å². The molecule has 1 aromatic rings. The summed E-state index contributed by atoms with van der Waals surface area (Å²) in [5, 5.41) is 10.7. The molecule has 2 heterocycles. The molecule has 3 N–H and O–H groups in total. The highest BCUT2D eigenvalue weighted by molar-refractivity contribution is 5.75. The van der Waals surface area contributed by atoms with Crippen LogP contribution in [-0.2, 0) is 16.1 Å². The molecular weight excluding hydrogens is 358 g/mol. The first-order chi connectivity index (χ1) is 13.6. The number of nitrogens with zero attached hydrogens (tertiary/aromatic N) is 2. The van der Waals surface area contributed by atoms with Crippen LogP contribution >= 0.6 is 0 Å². The van der Waals surface area contributed by atoms with Gasteiger partial charge in [-0.2, -0.15) is 0 Å². The van der Waals surface area contributed by atoms with E-state index in [9.17, 15) is 9.90 Å². The molecule has 154 valence electrons. The normalized spacial score (nSPS) is 31.5. The molecule has 0 bridgehead atoms. The lowest BCUT2D eigenvalue weighted by Crippen LogP contribution is -2.53. The van der Waals surface area contributed by atoms with Gasteiger partial charge < -0.3 is 20.3 Å². The van der Waals surface area contributed by atoms with Crippen molar-refractivity contribution in [3.8, 4) is 5.75 Å². The van der Waals surface area contributed by atoms with Gasteiger partial charge in [-0.1, -0.05) is 12.1 Å². The van der Waals surface area contributed by atoms with Crippen LogP contribution < -0.4 is 10.5 Å². The Morgan fingerprint density at radius 3 is 2.71 bits per heavy atom. The molecule has 2 saturated heterocycles. The maximum absolute atomic E-state index is 10.9. The van der Waals surface area contributed by atoms with Gasteiger partial charge in [0, 0.05) is 38.8 Å². The van der Waals surface area contributed by atoms with Crippen LogP contribution in [0.5, 0.6) is 5.75 Å². The fourth-order valence-electron chi connectivity index (χ4n) is 5.08. The number of benzene rings is 1. The van der Waals surface area contributed by atoms with E-state index in [2.05, 4.69) is 15.9 Å². The van der Waals surface area contributed by atoms with Crippen LogP contribution in [0.2, 0.25) is 0 Å². The zero-order valence-corrected chi connectivity index (χ0v) is 16.3. The highest BCUT2D eigenvalue weighted by atomic mass is 16.5. The monoisotopic (exact) mass is 389 g/mol. The van der Waals surface area contributed by atoms with E-state index in [1.807, 2.05) is 18.2 Å². The van der Waals surface area contributed by atoms with Crippen LogP contribution in [0, 0.1) is 11.8 Å². The summed E-state index contributed by atoms with van der Waals surface area (Å²) in [6.45, 7) is 6.28. The van der Waals surface area contributed by atoms with Crippen LogP contribution in [0.3, 0.4) is 0 Å². The molecule has 0 spiro atoms. The summed E-state index contributed by atoms with van der Waals surface area (Å²) in [6.07, 6.45) is 1.74. The van der Waals surface area contributed by atoms with Gasteiger partial charge in [-0.15, -0.1) is 0 Å². The van der Waals surface area contributed by atoms with Crippen molar-refractivity contribution < 1.29 is 19.4 Å². The minimum atomic E-state index is -0.470. The fraction of sp³-hybridized carbons (Fsp3) is 0.667. The maximum atomic E-state index is 10.9. The molecule has 0 aromatic heterocycles. The van der Waals surface area contributed by atoms with Crippen molar-refractivity contribution in [1.29, 1.82) is 0 Å². The smallest absolute Gasteiger partial charge is 0.255 e. The number of aliphatic hydroxyl groups excluding tert-OH is 1. The highest BCUT2D eigenvalue weighted by Gasteiger charge is 2.43. The first-order valence-electron chi connectivity index (χ1n) is 10.3. The number of hydrogen-bond acceptors (Lipinski definition) is 6. The fourth-order valence-corrected chi connectivity index (χ4v) is 5.08. The Morgan fingerprint density at radius 2 is 1.96 bits per heavy atom. The topological polar surface area (TPSA) is 88.3 Å². The van der Waals surface area contributed by atoms with Gasteiger partial charge in [-0.3, -0.25) is 14.6 Å². The minimum absolute atomic E-state index is 0.0991. The number of rotatable bonds is 6. The van der Waals surface area contributed by atoms with Gasteiger partial charge in [0.25, 0.3) is 5.91 Å². The number of nitrogens with two attached hydrogens (primary N) is 1. The molecule has 3 fully saturated rings. The third-order valence-electron chi connectivity index (χ3n) is 6.39. The number of fused-ring (bicyclic) bond motifs is 1. The lowest BCUT2D eigenvalue weighted by atomic mass is 9.77. The van der Waals surface area contributed by atoms with Crippen molar-refractivity contribution in [3.05, 3.63) is 29.8 Å². The summed E-state index contributed by atoms with van der Waals surface area (Å²) in [4.78, 5) is 15.8. The predicted molar refractivity (Wildman–Crippen MR) is 105 cm³/mol. The standard InChI is InChI=1S/C21H31N3O4/c22-21(26)14-28-18-3-1-2-15(8-18)11-23-12-16-9-19(20(25)10-17(16)13-23)24-4-6-27-7-5-24/h1-3,8,16-17,19-20,25H,4-7,9-14H2,(H2,22,26)/t16-,17+,19-,20-/m1/s1. The number of carbonyl (C=O) groups excluding carboxylic acids is 1. The SMILES string of the molecule is NC(=O)COc1cccc(CN2C[C@H]3C[C@@H](N4CCOCC4)[C@H](O)C[C@H]3C2)c1. The van der Waals surface area contributed by atoms with Crippen LogP contribution in [-0.4, -0.2) is 79.0 Å². The van der Waals surface area contributed by atoms with E-state index in [0.29, 0.717) is 17.6 Å². The van der Waals surface area contributed by atoms with E-state index in [4.69, 9.17) is 15.2 Å². The highest BCUT2D eigenvalue weighted by Crippen LogP contribution is 2.39. The van der Waals surface area contributed by atoms with Gasteiger partial charge in [0.2, 0.25) is 0 Å². The Labute approximate surface area is 166 Å². The third-order valence-corrected chi connectivity index (χ3v) is 6.39. The van der Waals surface area contributed by atoms with Gasteiger partial charge in [-0.25, -0.2) is 0 Å². The van der Waals surface area contributed by atoms with Gasteiger partial charge in [0.15, 0.2) is 6.61 Å². The second-order valence-electron chi connectivity index (χ2n) is 8.37. The molecule has 3 aliphatic rings. The number of morpholine rings is 1. The average Bonchev–Trinajstić information content (AvgIpc) is 3.07. The van der Waals surface area contributed by atoms with E-state index < -0.39 is 5.91 Å². The van der Waals surface area contributed by atoms with Crippen molar-refractivity contribution in [2.45, 2.75) is 31.5 Å². The quantitative estimate of drug-likeness (QED) is 0.735. The molecule has 7 nitrogen and oxygen atoms in total. The molecule has 4 atom stereocenters. The molecular formula is C21H31N3O4. The van der Waals surface area contributed by atoms with E-state index in [0.717, 1.165) is 58.8 Å². The molecule has 1 amide bonds. The van der Waals surface area contributed by atoms with Crippen molar-refractivity contribution in [1.82, 2.24) is 9.80 Å². The van der Waals surface area contributed by atoms with Gasteiger partial charge in [-0.05, 0) is 42.4 Å². The lowest BCUT2D eigenvalue weighted by Gasteiger charge is -2.43. The zero-order chi connectivity index (χ0) is 19.5. The minimum Gasteiger partial charge on any atom is -0.484 e. The van der Waals surface area contributed by atoms with Crippen LogP contribution in [0.15, 0.2) is 24.3 Å². The summed E-state index contributed by atoms with van der Waals surface area (Å²) in [5.41, 5.74) is 6.32. The second kappa shape index (κ2) is 8.78. The van der Waals surface area contributed by atoms with Crippen LogP contribution in [0.1, 0.15) is 18.4 Å². The molecule has 1 aliphatic carbocycles. The molecule has 1 aromatic carbocycles. The Balaban J connectivity index is 1.34. The number of amides is 1. The van der Waals surface area contributed by atoms with Crippen LogP contribution in [0.4, 0.5) is 0 Å². The lowest BCUT2D eigenvalue weighted by molar-refractivity contribution is -0.119. The van der Waals surface area contributed by atoms with E-state index in [1.165, 1.54) is 5.56 Å². The van der Waals surface area contributed by atoms with E-state index >= 15 is 0 Å². The van der Waals surface area contributed by atoms with Crippen LogP contribution in [0.25, 0.3) is 0 Å². The predicted octanol–water partition coefficient (Wildman–Crippen LogP) is 0.454. The van der Waals surface area contributed by atoms with Crippen molar-refractivity contribution in [2.24, 2.45) is 17.6 Å². The molecule has 7 heteroatoms. The third kappa shape index (κ3) is 4.66. The summed E-state index contributed by atoms with van der Waals surface area (Å²) < 4.78 is 10.9. The molecule has 28 heavy (non-hydrogen) atoms. The second-order valence-corrected chi connectivity index (χ2v) is 8.37. The van der Waals surface area contributed by atoms with Crippen molar-refractivity contribution >= 4 is 5.91 Å². The maximum Gasteiger partial charge on any atom is 0.255 e. The van der Waals surface area contributed by atoms with Gasteiger partial charge in [0.05, 0.1) is 19.3 Å². The first kappa shape index (κ1) is 19.6. The molecule has 2 aliphatic heterocycles. The Bertz CT molecular complexity index is 679. The summed E-state index contributed by atoms with van der Waals surface area (Å²) in [7, 11) is 0.